The molecule has 0 bridgehead atoms. The van der Waals surface area contributed by atoms with E-state index >= 15 is 4.39 Å². The minimum Gasteiger partial charge on any atom is -0.454 e. The quantitative estimate of drug-likeness (QED) is 0.198. The Morgan fingerprint density at radius 1 is 0.745 bits per heavy atom. The first kappa shape index (κ1) is 27.6. The van der Waals surface area contributed by atoms with Gasteiger partial charge in [0, 0.05) is 35.0 Å². The van der Waals surface area contributed by atoms with Gasteiger partial charge in [-0.05, 0) is 64.7 Å². The summed E-state index contributed by atoms with van der Waals surface area (Å²) in [4.78, 5) is 11.8. The number of hydrogen-bond donors (Lipinski definition) is 0. The highest BCUT2D eigenvalue weighted by molar-refractivity contribution is 6.12. The highest BCUT2D eigenvalue weighted by Crippen LogP contribution is 2.55. The number of fused-ring (bicyclic) bond motifs is 7. The number of halogens is 1. The summed E-state index contributed by atoms with van der Waals surface area (Å²) < 4.78 is 25.4. The summed E-state index contributed by atoms with van der Waals surface area (Å²) in [6.45, 7) is 4.45. The van der Waals surface area contributed by atoms with Gasteiger partial charge < -0.3 is 8.98 Å². The van der Waals surface area contributed by atoms with Gasteiger partial charge >= 0.3 is 0 Å². The van der Waals surface area contributed by atoms with Crippen LogP contribution in [0.15, 0.2) is 132 Å². The van der Waals surface area contributed by atoms with Crippen molar-refractivity contribution in [3.05, 3.63) is 150 Å². The zero-order chi connectivity index (χ0) is 31.9. The zero-order valence-corrected chi connectivity index (χ0v) is 26.3. The van der Waals surface area contributed by atoms with Crippen LogP contribution in [0.2, 0.25) is 0 Å². The first-order valence-corrected chi connectivity index (χ1v) is 15.9. The van der Waals surface area contributed by atoms with E-state index in [1.165, 1.54) is 0 Å². The van der Waals surface area contributed by atoms with E-state index in [-0.39, 0.29) is 5.41 Å². The molecule has 9 rings (SSSR count). The van der Waals surface area contributed by atoms with Crippen LogP contribution in [0.3, 0.4) is 0 Å². The molecule has 228 valence electrons. The second-order valence-corrected chi connectivity index (χ2v) is 12.8. The van der Waals surface area contributed by atoms with Gasteiger partial charge in [0.15, 0.2) is 11.8 Å². The van der Waals surface area contributed by atoms with E-state index in [1.54, 1.807) is 6.20 Å². The van der Waals surface area contributed by atoms with Crippen molar-refractivity contribution in [2.75, 3.05) is 4.90 Å². The number of para-hydroxylation sites is 3. The Labute approximate surface area is 271 Å². The Balaban J connectivity index is 1.21. The Morgan fingerprint density at radius 2 is 1.53 bits per heavy atom. The van der Waals surface area contributed by atoms with E-state index in [2.05, 4.69) is 47.6 Å². The lowest BCUT2D eigenvalue weighted by Crippen LogP contribution is -2.31. The second-order valence-electron chi connectivity index (χ2n) is 12.8. The molecule has 0 saturated heterocycles. The Morgan fingerprint density at radius 3 is 2.38 bits per heavy atom. The number of aromatic nitrogens is 3. The van der Waals surface area contributed by atoms with Crippen LogP contribution in [-0.2, 0) is 12.5 Å². The lowest BCUT2D eigenvalue weighted by atomic mass is 9.73. The number of nitrogens with zero attached hydrogens (tertiary/aromatic N) is 4. The van der Waals surface area contributed by atoms with Crippen LogP contribution in [0.25, 0.3) is 44.4 Å². The van der Waals surface area contributed by atoms with Gasteiger partial charge in [-0.25, -0.2) is 14.4 Å². The van der Waals surface area contributed by atoms with Gasteiger partial charge in [-0.3, -0.25) is 4.90 Å². The Bertz CT molecular complexity index is 2490. The molecular weight excluding hydrogens is 583 g/mol. The normalized spacial score (nSPS) is 14.4. The van der Waals surface area contributed by atoms with E-state index in [4.69, 9.17) is 14.4 Å². The van der Waals surface area contributed by atoms with Gasteiger partial charge in [-0.1, -0.05) is 92.7 Å². The van der Waals surface area contributed by atoms with E-state index in [0.717, 1.165) is 72.7 Å². The second kappa shape index (κ2) is 10.1. The van der Waals surface area contributed by atoms with Crippen molar-refractivity contribution in [1.82, 2.24) is 14.5 Å². The number of rotatable bonds is 4. The lowest BCUT2D eigenvalue weighted by Gasteiger charge is -2.41. The maximum absolute atomic E-state index is 16.8. The number of hydrogen-bond acceptors (Lipinski definition) is 4. The number of imidazole rings is 1. The molecule has 3 aromatic heterocycles. The van der Waals surface area contributed by atoms with Gasteiger partial charge in [0.25, 0.3) is 0 Å². The monoisotopic (exact) mass is 614 g/mol. The maximum atomic E-state index is 16.8. The van der Waals surface area contributed by atoms with Gasteiger partial charge in [-0.15, -0.1) is 0 Å². The van der Waals surface area contributed by atoms with Crippen LogP contribution in [0.5, 0.6) is 0 Å². The molecule has 1 atom stereocenters. The molecule has 8 aromatic rings. The third-order valence-corrected chi connectivity index (χ3v) is 9.75. The van der Waals surface area contributed by atoms with Crippen LogP contribution >= 0.6 is 0 Å². The van der Waals surface area contributed by atoms with Crippen molar-refractivity contribution < 1.29 is 8.81 Å². The maximum Gasteiger partial charge on any atom is 0.159 e. The molecule has 4 heterocycles. The summed E-state index contributed by atoms with van der Waals surface area (Å²) in [6, 6.07) is 40.1. The smallest absolute Gasteiger partial charge is 0.159 e. The Hall–Kier alpha value is -5.75. The topological polar surface area (TPSA) is 47.1 Å². The molecule has 1 aliphatic heterocycles. The SMILES string of the molecule is Cn1c(-c2cccc(C(F)c3ccc4c(c3)N(c3ccccn3)c3c(ccc5c3oc3ccccc35)C4(C)C)c2)nc2ccccc21. The number of alkyl halides is 1. The molecule has 6 heteroatoms. The predicted molar refractivity (Wildman–Crippen MR) is 187 cm³/mol. The summed E-state index contributed by atoms with van der Waals surface area (Å²) in [6.07, 6.45) is 0.439. The third-order valence-electron chi connectivity index (χ3n) is 9.75. The van der Waals surface area contributed by atoms with Crippen molar-refractivity contribution >= 4 is 50.2 Å². The average Bonchev–Trinajstić information content (AvgIpc) is 3.66. The number of furan rings is 1. The van der Waals surface area contributed by atoms with Crippen molar-refractivity contribution in [2.45, 2.75) is 25.4 Å². The number of aryl methyl sites for hydroxylation is 1. The molecule has 5 aromatic carbocycles. The molecule has 1 unspecified atom stereocenters. The molecular formula is C41H31FN4O. The molecule has 0 N–H and O–H groups in total. The summed E-state index contributed by atoms with van der Waals surface area (Å²) in [5, 5.41) is 2.10. The van der Waals surface area contributed by atoms with E-state index in [0.29, 0.717) is 11.1 Å². The highest BCUT2D eigenvalue weighted by Gasteiger charge is 2.40. The Kier molecular flexibility index (Phi) is 5.94. The first-order valence-electron chi connectivity index (χ1n) is 15.9. The number of pyridine rings is 1. The summed E-state index contributed by atoms with van der Waals surface area (Å²) in [5.74, 6) is 1.55. The molecule has 5 nitrogen and oxygen atoms in total. The molecule has 0 aliphatic carbocycles. The first-order chi connectivity index (χ1) is 22.9. The molecule has 0 amide bonds. The minimum absolute atomic E-state index is 0.381. The number of anilines is 3. The van der Waals surface area contributed by atoms with Crippen molar-refractivity contribution in [2.24, 2.45) is 7.05 Å². The molecule has 1 aliphatic rings. The largest absolute Gasteiger partial charge is 0.454 e. The van der Waals surface area contributed by atoms with Gasteiger partial charge in [-0.2, -0.15) is 0 Å². The van der Waals surface area contributed by atoms with Gasteiger partial charge in [0.2, 0.25) is 0 Å². The third kappa shape index (κ3) is 4.07. The lowest BCUT2D eigenvalue weighted by molar-refractivity contribution is 0.402. The molecule has 0 fully saturated rings. The fraction of sp³-hybridized carbons (Fsp3) is 0.122. The fourth-order valence-electron chi connectivity index (χ4n) is 7.34. The molecule has 0 saturated carbocycles. The number of benzene rings is 5. The van der Waals surface area contributed by atoms with Gasteiger partial charge in [0.05, 0.1) is 22.4 Å². The average molecular weight is 615 g/mol. The van der Waals surface area contributed by atoms with Crippen molar-refractivity contribution in [3.8, 4) is 11.4 Å². The standard InChI is InChI=1S/C41H31FN4O/c1-41(2)30-20-18-26(37(42)25-11-10-12-27(23-25)40-44-32-14-5-6-15-33(32)45(40)3)24-34(30)46(36-17-8-9-22-43-36)38-31(41)21-19-29-28-13-4-7-16-35(28)47-39(29)38/h4-24,37H,1-3H3. The van der Waals surface area contributed by atoms with Crippen LogP contribution in [-0.4, -0.2) is 14.5 Å². The van der Waals surface area contributed by atoms with Crippen LogP contribution < -0.4 is 4.90 Å². The van der Waals surface area contributed by atoms with Crippen LogP contribution in [0.4, 0.5) is 21.6 Å². The van der Waals surface area contributed by atoms with Crippen LogP contribution in [0, 0.1) is 0 Å². The summed E-state index contributed by atoms with van der Waals surface area (Å²) in [5.41, 5.74) is 9.27. The summed E-state index contributed by atoms with van der Waals surface area (Å²) >= 11 is 0. The summed E-state index contributed by atoms with van der Waals surface area (Å²) in [7, 11) is 2.00. The van der Waals surface area contributed by atoms with Crippen molar-refractivity contribution in [1.29, 1.82) is 0 Å². The van der Waals surface area contributed by atoms with E-state index < -0.39 is 6.17 Å². The van der Waals surface area contributed by atoms with E-state index in [1.807, 2.05) is 104 Å². The minimum atomic E-state index is -1.35. The molecule has 0 spiro atoms. The molecule has 47 heavy (non-hydrogen) atoms. The zero-order valence-electron chi connectivity index (χ0n) is 26.3. The van der Waals surface area contributed by atoms with Gasteiger partial charge in [0.1, 0.15) is 17.2 Å². The predicted octanol–water partition coefficient (Wildman–Crippen LogP) is 10.7. The van der Waals surface area contributed by atoms with Crippen molar-refractivity contribution in [3.63, 3.8) is 0 Å². The van der Waals surface area contributed by atoms with Crippen LogP contribution in [0.1, 0.15) is 42.3 Å². The highest BCUT2D eigenvalue weighted by atomic mass is 19.1. The molecule has 0 radical (unpaired) electrons. The fourth-order valence-corrected chi connectivity index (χ4v) is 7.34. The van der Waals surface area contributed by atoms with E-state index in [9.17, 15) is 0 Å².